The third-order valence-corrected chi connectivity index (χ3v) is 7.49. The fourth-order valence-corrected chi connectivity index (χ4v) is 5.30. The number of nitrogens with one attached hydrogen (secondary N) is 1. The van der Waals surface area contributed by atoms with E-state index in [0.29, 0.717) is 50.5 Å². The zero-order chi connectivity index (χ0) is 29.3. The minimum atomic E-state index is -0.986. The van der Waals surface area contributed by atoms with Crippen LogP contribution in [0, 0.1) is 0 Å². The topological polar surface area (TPSA) is 134 Å². The molecule has 10 heteroatoms. The average molecular weight is 562 g/mol. The van der Waals surface area contributed by atoms with Gasteiger partial charge < -0.3 is 35.1 Å². The molecule has 3 aromatic rings. The van der Waals surface area contributed by atoms with Gasteiger partial charge in [-0.2, -0.15) is 0 Å². The van der Waals surface area contributed by atoms with Crippen molar-refractivity contribution in [2.24, 2.45) is 0 Å². The molecular formula is C31H39N5O5. The number of hydrogen-bond donors (Lipinski definition) is 3. The van der Waals surface area contributed by atoms with Gasteiger partial charge in [0.25, 0.3) is 5.91 Å². The SMILES string of the molecule is CC(O)C(=O)N1CCC(Oc2ccc(-c3c[nH]c4ncc(C5=CCN(C(=O)OC(C)(C)C)CC5)cc34)cc2N)CC1. The predicted molar refractivity (Wildman–Crippen MR) is 158 cm³/mol. The fraction of sp³-hybridized carbons (Fsp3) is 0.452. The molecular weight excluding hydrogens is 522 g/mol. The van der Waals surface area contributed by atoms with Gasteiger partial charge in [0.15, 0.2) is 0 Å². The molecule has 2 aliphatic rings. The van der Waals surface area contributed by atoms with E-state index in [2.05, 4.69) is 22.1 Å². The first-order valence-electron chi connectivity index (χ1n) is 14.2. The number of ether oxygens (including phenoxy) is 2. The number of carbonyl (C=O) groups is 2. The van der Waals surface area contributed by atoms with Crippen LogP contribution in [0.2, 0.25) is 0 Å². The van der Waals surface area contributed by atoms with Gasteiger partial charge in [0, 0.05) is 62.4 Å². The maximum absolute atomic E-state index is 12.4. The summed E-state index contributed by atoms with van der Waals surface area (Å²) in [6.45, 7) is 9.28. The van der Waals surface area contributed by atoms with E-state index in [0.717, 1.165) is 39.7 Å². The number of aromatic nitrogens is 2. The molecule has 2 aromatic heterocycles. The summed E-state index contributed by atoms with van der Waals surface area (Å²) in [6.07, 6.45) is 6.62. The first-order valence-corrected chi connectivity index (χ1v) is 14.2. The van der Waals surface area contributed by atoms with E-state index in [1.807, 2.05) is 51.4 Å². The molecule has 1 saturated heterocycles. The number of hydrogen-bond acceptors (Lipinski definition) is 7. The van der Waals surface area contributed by atoms with Crippen LogP contribution in [0.25, 0.3) is 27.7 Å². The number of likely N-dealkylation sites (tertiary alicyclic amines) is 1. The first-order chi connectivity index (χ1) is 19.5. The number of rotatable bonds is 5. The van der Waals surface area contributed by atoms with Crippen molar-refractivity contribution in [1.29, 1.82) is 0 Å². The Morgan fingerprint density at radius 1 is 1.12 bits per heavy atom. The van der Waals surface area contributed by atoms with E-state index in [4.69, 9.17) is 15.2 Å². The van der Waals surface area contributed by atoms with Crippen molar-refractivity contribution in [1.82, 2.24) is 19.8 Å². The predicted octanol–water partition coefficient (Wildman–Crippen LogP) is 4.59. The Hall–Kier alpha value is -4.05. The van der Waals surface area contributed by atoms with Gasteiger partial charge in [-0.1, -0.05) is 12.1 Å². The molecule has 1 unspecified atom stereocenters. The van der Waals surface area contributed by atoms with E-state index in [-0.39, 0.29) is 18.1 Å². The van der Waals surface area contributed by atoms with E-state index in [1.165, 1.54) is 6.92 Å². The average Bonchev–Trinajstić information content (AvgIpc) is 3.36. The third-order valence-electron chi connectivity index (χ3n) is 7.49. The Morgan fingerprint density at radius 3 is 2.51 bits per heavy atom. The molecule has 1 atom stereocenters. The quantitative estimate of drug-likeness (QED) is 0.388. The Morgan fingerprint density at radius 2 is 1.88 bits per heavy atom. The monoisotopic (exact) mass is 561 g/mol. The Balaban J connectivity index is 1.28. The molecule has 1 aromatic carbocycles. The van der Waals surface area contributed by atoms with Gasteiger partial charge in [-0.05, 0) is 69.0 Å². The van der Waals surface area contributed by atoms with Gasteiger partial charge in [0.1, 0.15) is 29.2 Å². The molecule has 10 nitrogen and oxygen atoms in total. The van der Waals surface area contributed by atoms with Crippen LogP contribution in [0.5, 0.6) is 5.75 Å². The van der Waals surface area contributed by atoms with Crippen molar-refractivity contribution < 1.29 is 24.2 Å². The van der Waals surface area contributed by atoms with Gasteiger partial charge in [-0.15, -0.1) is 0 Å². The van der Waals surface area contributed by atoms with Crippen molar-refractivity contribution in [2.75, 3.05) is 31.9 Å². The number of aromatic amines is 1. The molecule has 41 heavy (non-hydrogen) atoms. The number of fused-ring (bicyclic) bond motifs is 1. The number of aliphatic hydroxyl groups excluding tert-OH is 1. The molecule has 4 heterocycles. The van der Waals surface area contributed by atoms with E-state index < -0.39 is 11.7 Å². The van der Waals surface area contributed by atoms with Crippen molar-refractivity contribution in [2.45, 2.75) is 64.8 Å². The molecule has 0 aliphatic carbocycles. The van der Waals surface area contributed by atoms with Gasteiger partial charge in [0.05, 0.1) is 5.69 Å². The number of benzene rings is 1. The summed E-state index contributed by atoms with van der Waals surface area (Å²) in [7, 11) is 0. The lowest BCUT2D eigenvalue weighted by Crippen LogP contribution is -2.45. The summed E-state index contributed by atoms with van der Waals surface area (Å²) in [5.41, 5.74) is 11.3. The summed E-state index contributed by atoms with van der Waals surface area (Å²) < 4.78 is 11.7. The van der Waals surface area contributed by atoms with Crippen molar-refractivity contribution in [3.63, 3.8) is 0 Å². The minimum absolute atomic E-state index is 0.0453. The summed E-state index contributed by atoms with van der Waals surface area (Å²) in [5, 5.41) is 10.5. The van der Waals surface area contributed by atoms with Gasteiger partial charge >= 0.3 is 6.09 Å². The van der Waals surface area contributed by atoms with Crippen LogP contribution in [0.1, 0.15) is 52.5 Å². The fourth-order valence-electron chi connectivity index (χ4n) is 5.30. The third kappa shape index (κ3) is 6.48. The Bertz CT molecular complexity index is 1460. The molecule has 1 fully saturated rings. The lowest BCUT2D eigenvalue weighted by Gasteiger charge is -2.33. The number of nitrogen functional groups attached to an aromatic ring is 1. The summed E-state index contributed by atoms with van der Waals surface area (Å²) >= 11 is 0. The van der Waals surface area contributed by atoms with Crippen LogP contribution >= 0.6 is 0 Å². The highest BCUT2D eigenvalue weighted by Crippen LogP contribution is 2.35. The maximum atomic E-state index is 12.4. The highest BCUT2D eigenvalue weighted by atomic mass is 16.6. The van der Waals surface area contributed by atoms with Crippen LogP contribution in [-0.2, 0) is 9.53 Å². The second-order valence-electron chi connectivity index (χ2n) is 11.8. The number of anilines is 1. The van der Waals surface area contributed by atoms with Crippen LogP contribution in [0.4, 0.5) is 10.5 Å². The molecule has 218 valence electrons. The van der Waals surface area contributed by atoms with Gasteiger partial charge in [0.2, 0.25) is 0 Å². The zero-order valence-corrected chi connectivity index (χ0v) is 24.1. The number of piperidine rings is 1. The number of H-pyrrole nitrogens is 1. The summed E-state index contributed by atoms with van der Waals surface area (Å²) in [5.74, 6) is 0.376. The number of amides is 2. The first kappa shape index (κ1) is 28.5. The number of carbonyl (C=O) groups excluding carboxylic acids is 2. The van der Waals surface area contributed by atoms with Crippen molar-refractivity contribution in [3.8, 4) is 16.9 Å². The van der Waals surface area contributed by atoms with Crippen LogP contribution in [0.3, 0.4) is 0 Å². The highest BCUT2D eigenvalue weighted by molar-refractivity contribution is 5.96. The smallest absolute Gasteiger partial charge is 0.410 e. The standard InChI is InChI=1S/C31H39N5O5/c1-19(37)29(38)35-13-9-23(10-14-35)40-27-6-5-21(16-26(27)32)25-18-34-28-24(25)15-22(17-33-28)20-7-11-36(12-8-20)30(39)41-31(2,3)4/h5-7,15-19,23,37H,8-14,32H2,1-4H3,(H,33,34). The van der Waals surface area contributed by atoms with Crippen molar-refractivity contribution in [3.05, 3.63) is 48.3 Å². The lowest BCUT2D eigenvalue weighted by molar-refractivity contribution is -0.141. The molecule has 0 spiro atoms. The van der Waals surface area contributed by atoms with Crippen LogP contribution in [-0.4, -0.2) is 80.9 Å². The largest absolute Gasteiger partial charge is 0.488 e. The maximum Gasteiger partial charge on any atom is 0.410 e. The second kappa shape index (κ2) is 11.4. The molecule has 5 rings (SSSR count). The Labute approximate surface area is 240 Å². The van der Waals surface area contributed by atoms with E-state index in [9.17, 15) is 14.7 Å². The molecule has 0 radical (unpaired) electrons. The molecule has 0 bridgehead atoms. The zero-order valence-electron chi connectivity index (χ0n) is 24.1. The second-order valence-corrected chi connectivity index (χ2v) is 11.8. The number of nitrogens with two attached hydrogens (primary N) is 1. The van der Waals surface area contributed by atoms with E-state index in [1.54, 1.807) is 9.80 Å². The number of pyridine rings is 1. The number of aliphatic hydroxyl groups is 1. The van der Waals surface area contributed by atoms with Gasteiger partial charge in [-0.3, -0.25) is 4.79 Å². The van der Waals surface area contributed by atoms with Crippen LogP contribution < -0.4 is 10.5 Å². The number of nitrogens with zero attached hydrogens (tertiary/aromatic N) is 3. The highest BCUT2D eigenvalue weighted by Gasteiger charge is 2.27. The minimum Gasteiger partial charge on any atom is -0.488 e. The summed E-state index contributed by atoms with van der Waals surface area (Å²) in [4.78, 5) is 35.8. The Kier molecular flexibility index (Phi) is 7.95. The van der Waals surface area contributed by atoms with E-state index >= 15 is 0 Å². The molecule has 2 aliphatic heterocycles. The molecule has 4 N–H and O–H groups in total. The summed E-state index contributed by atoms with van der Waals surface area (Å²) in [6, 6.07) is 7.93. The normalized spacial score (nSPS) is 17.3. The molecule has 0 saturated carbocycles. The lowest BCUT2D eigenvalue weighted by atomic mass is 9.98. The van der Waals surface area contributed by atoms with Crippen molar-refractivity contribution >= 4 is 34.3 Å². The molecule has 2 amide bonds. The van der Waals surface area contributed by atoms with Gasteiger partial charge in [-0.25, -0.2) is 9.78 Å². The van der Waals surface area contributed by atoms with Crippen LogP contribution in [0.15, 0.2) is 42.7 Å².